The number of rotatable bonds is 3. The molecule has 3 nitrogen and oxygen atoms in total. The third-order valence-corrected chi connectivity index (χ3v) is 6.41. The van der Waals surface area contributed by atoms with Gasteiger partial charge in [-0.25, -0.2) is 8.42 Å². The van der Waals surface area contributed by atoms with Gasteiger partial charge in [-0.15, -0.1) is 0 Å². The fraction of sp³-hybridized carbons (Fsp3) is 0.571. The van der Waals surface area contributed by atoms with Gasteiger partial charge in [0, 0.05) is 0 Å². The molecule has 1 aromatic carbocycles. The molecule has 1 fully saturated rings. The Kier molecular flexibility index (Phi) is 3.78. The first kappa shape index (κ1) is 13.6. The van der Waals surface area contributed by atoms with E-state index in [0.717, 1.165) is 30.4 Å². The third kappa shape index (κ3) is 2.31. The minimum absolute atomic E-state index is 0.120. The van der Waals surface area contributed by atoms with Gasteiger partial charge >= 0.3 is 0 Å². The van der Waals surface area contributed by atoms with Crippen LogP contribution in [-0.2, 0) is 9.84 Å². The highest BCUT2D eigenvalue weighted by atomic mass is 32.2. The molecule has 100 valence electrons. The molecule has 2 rings (SSSR count). The summed E-state index contributed by atoms with van der Waals surface area (Å²) in [4.78, 5) is 0.493. The van der Waals surface area contributed by atoms with Crippen LogP contribution in [0.5, 0.6) is 0 Å². The zero-order chi connectivity index (χ0) is 13.3. The molecule has 0 heterocycles. The van der Waals surface area contributed by atoms with Gasteiger partial charge in [0.2, 0.25) is 0 Å². The number of benzene rings is 1. The van der Waals surface area contributed by atoms with Gasteiger partial charge in [-0.05, 0) is 56.3 Å². The predicted molar refractivity (Wildman–Crippen MR) is 73.3 cm³/mol. The van der Waals surface area contributed by atoms with E-state index in [9.17, 15) is 8.42 Å². The van der Waals surface area contributed by atoms with Crippen molar-refractivity contribution in [3.05, 3.63) is 29.3 Å². The number of nitrogens with two attached hydrogens (primary N) is 1. The molecule has 1 saturated carbocycles. The van der Waals surface area contributed by atoms with E-state index in [-0.39, 0.29) is 11.2 Å². The maximum absolute atomic E-state index is 12.7. The van der Waals surface area contributed by atoms with Crippen LogP contribution in [0.3, 0.4) is 0 Å². The van der Waals surface area contributed by atoms with E-state index in [1.165, 1.54) is 0 Å². The largest absolute Gasteiger partial charge is 0.330 e. The summed E-state index contributed by atoms with van der Waals surface area (Å²) in [5.41, 5.74) is 7.53. The zero-order valence-corrected chi connectivity index (χ0v) is 11.8. The smallest absolute Gasteiger partial charge is 0.181 e. The monoisotopic (exact) mass is 267 g/mol. The summed E-state index contributed by atoms with van der Waals surface area (Å²) < 4.78 is 25.4. The summed E-state index contributed by atoms with van der Waals surface area (Å²) in [6, 6.07) is 5.62. The van der Waals surface area contributed by atoms with Crippen LogP contribution in [0.15, 0.2) is 23.1 Å². The SMILES string of the molecule is Cc1ccc(C)c(S(=O)(=O)C2CCCC2CN)c1. The summed E-state index contributed by atoms with van der Waals surface area (Å²) in [5.74, 6) is 0.120. The highest BCUT2D eigenvalue weighted by Gasteiger charge is 2.38. The Balaban J connectivity index is 2.45. The summed E-state index contributed by atoms with van der Waals surface area (Å²) in [7, 11) is -3.23. The Morgan fingerprint density at radius 1 is 1.28 bits per heavy atom. The topological polar surface area (TPSA) is 60.2 Å². The Hall–Kier alpha value is -0.870. The van der Waals surface area contributed by atoms with E-state index in [4.69, 9.17) is 5.73 Å². The lowest BCUT2D eigenvalue weighted by Gasteiger charge is -2.20. The molecule has 0 radical (unpaired) electrons. The quantitative estimate of drug-likeness (QED) is 0.913. The second-order valence-electron chi connectivity index (χ2n) is 5.28. The molecule has 0 bridgehead atoms. The molecule has 4 heteroatoms. The van der Waals surface area contributed by atoms with Gasteiger partial charge in [-0.2, -0.15) is 0 Å². The van der Waals surface area contributed by atoms with Crippen LogP contribution in [0.25, 0.3) is 0 Å². The Bertz CT molecular complexity index is 537. The number of sulfone groups is 1. The Morgan fingerprint density at radius 2 is 2.00 bits per heavy atom. The van der Waals surface area contributed by atoms with Crippen molar-refractivity contribution in [3.8, 4) is 0 Å². The fourth-order valence-electron chi connectivity index (χ4n) is 2.86. The van der Waals surface area contributed by atoms with Crippen molar-refractivity contribution in [2.24, 2.45) is 11.7 Å². The van der Waals surface area contributed by atoms with Crippen LogP contribution < -0.4 is 5.73 Å². The second-order valence-corrected chi connectivity index (χ2v) is 7.41. The maximum Gasteiger partial charge on any atom is 0.181 e. The predicted octanol–water partition coefficient (Wildman–Crippen LogP) is 2.20. The minimum Gasteiger partial charge on any atom is -0.330 e. The van der Waals surface area contributed by atoms with Gasteiger partial charge in [0.25, 0.3) is 0 Å². The van der Waals surface area contributed by atoms with E-state index in [1.807, 2.05) is 26.0 Å². The van der Waals surface area contributed by atoms with Crippen LogP contribution in [0.1, 0.15) is 30.4 Å². The first-order valence-electron chi connectivity index (χ1n) is 6.48. The lowest BCUT2D eigenvalue weighted by atomic mass is 10.1. The molecule has 2 N–H and O–H groups in total. The van der Waals surface area contributed by atoms with Gasteiger partial charge in [-0.1, -0.05) is 18.6 Å². The molecule has 1 aliphatic rings. The van der Waals surface area contributed by atoms with E-state index in [0.29, 0.717) is 11.4 Å². The highest BCUT2D eigenvalue weighted by molar-refractivity contribution is 7.92. The van der Waals surface area contributed by atoms with Crippen LogP contribution >= 0.6 is 0 Å². The standard InChI is InChI=1S/C14H21NO2S/c1-10-6-7-11(2)14(8-10)18(16,17)13-5-3-4-12(13)9-15/h6-8,12-13H,3-5,9,15H2,1-2H3. The average Bonchev–Trinajstić information content (AvgIpc) is 2.81. The lowest BCUT2D eigenvalue weighted by Crippen LogP contribution is -2.30. The number of hydrogen-bond donors (Lipinski definition) is 1. The molecule has 18 heavy (non-hydrogen) atoms. The van der Waals surface area contributed by atoms with Gasteiger partial charge in [-0.3, -0.25) is 0 Å². The van der Waals surface area contributed by atoms with Crippen molar-refractivity contribution in [1.82, 2.24) is 0 Å². The van der Waals surface area contributed by atoms with Gasteiger partial charge in [0.05, 0.1) is 10.1 Å². The fourth-order valence-corrected chi connectivity index (χ4v) is 5.28. The van der Waals surface area contributed by atoms with Crippen LogP contribution in [0.4, 0.5) is 0 Å². The third-order valence-electron chi connectivity index (χ3n) is 3.94. The van der Waals surface area contributed by atoms with Crippen molar-refractivity contribution in [3.63, 3.8) is 0 Å². The molecule has 2 unspecified atom stereocenters. The van der Waals surface area contributed by atoms with Crippen LogP contribution in [0.2, 0.25) is 0 Å². The van der Waals surface area contributed by atoms with E-state index in [2.05, 4.69) is 0 Å². The molecule has 0 aromatic heterocycles. The number of hydrogen-bond acceptors (Lipinski definition) is 3. The van der Waals surface area contributed by atoms with Gasteiger partial charge < -0.3 is 5.73 Å². The molecule has 0 spiro atoms. The molecular formula is C14H21NO2S. The Morgan fingerprint density at radius 3 is 2.67 bits per heavy atom. The minimum atomic E-state index is -3.23. The molecule has 1 aromatic rings. The Labute approximate surface area is 109 Å². The van der Waals surface area contributed by atoms with E-state index in [1.54, 1.807) is 6.07 Å². The van der Waals surface area contributed by atoms with Gasteiger partial charge in [0.15, 0.2) is 9.84 Å². The van der Waals surface area contributed by atoms with Crippen molar-refractivity contribution in [2.45, 2.75) is 43.3 Å². The van der Waals surface area contributed by atoms with Crippen molar-refractivity contribution in [2.75, 3.05) is 6.54 Å². The van der Waals surface area contributed by atoms with E-state index >= 15 is 0 Å². The molecule has 2 atom stereocenters. The first-order valence-corrected chi connectivity index (χ1v) is 8.02. The second kappa shape index (κ2) is 5.02. The summed E-state index contributed by atoms with van der Waals surface area (Å²) in [5, 5.41) is -0.289. The maximum atomic E-state index is 12.7. The normalized spacial score (nSPS) is 24.4. The van der Waals surface area contributed by atoms with Crippen LogP contribution in [-0.4, -0.2) is 20.2 Å². The molecule has 0 amide bonds. The van der Waals surface area contributed by atoms with E-state index < -0.39 is 9.84 Å². The highest BCUT2D eigenvalue weighted by Crippen LogP contribution is 2.35. The van der Waals surface area contributed by atoms with Crippen molar-refractivity contribution < 1.29 is 8.42 Å². The van der Waals surface area contributed by atoms with Gasteiger partial charge in [0.1, 0.15) is 0 Å². The summed E-state index contributed by atoms with van der Waals surface area (Å²) in [6.07, 6.45) is 2.65. The lowest BCUT2D eigenvalue weighted by molar-refractivity contribution is 0.523. The molecular weight excluding hydrogens is 246 g/mol. The number of aryl methyl sites for hydroxylation is 2. The van der Waals surface area contributed by atoms with Crippen molar-refractivity contribution >= 4 is 9.84 Å². The molecule has 0 aliphatic heterocycles. The molecule has 1 aliphatic carbocycles. The molecule has 0 saturated heterocycles. The zero-order valence-electron chi connectivity index (χ0n) is 11.0. The van der Waals surface area contributed by atoms with Crippen molar-refractivity contribution in [1.29, 1.82) is 0 Å². The summed E-state index contributed by atoms with van der Waals surface area (Å²) in [6.45, 7) is 4.25. The average molecular weight is 267 g/mol. The first-order chi connectivity index (χ1) is 8.46. The van der Waals surface area contributed by atoms with Crippen LogP contribution in [0, 0.1) is 19.8 Å². The summed E-state index contributed by atoms with van der Waals surface area (Å²) >= 11 is 0.